The molecule has 1 rings (SSSR count). The second-order valence-electron chi connectivity index (χ2n) is 4.73. The highest BCUT2D eigenvalue weighted by Crippen LogP contribution is 2.33. The van der Waals surface area contributed by atoms with Crippen molar-refractivity contribution in [1.82, 2.24) is 9.97 Å². The fourth-order valence-electron chi connectivity index (χ4n) is 1.49. The van der Waals surface area contributed by atoms with E-state index < -0.39 is 4.92 Å². The van der Waals surface area contributed by atoms with Gasteiger partial charge in [0, 0.05) is 12.6 Å². The van der Waals surface area contributed by atoms with Gasteiger partial charge in [0.2, 0.25) is 11.1 Å². The zero-order valence-electron chi connectivity index (χ0n) is 11.2. The van der Waals surface area contributed by atoms with Crippen LogP contribution in [0.25, 0.3) is 0 Å². The van der Waals surface area contributed by atoms with E-state index in [1.807, 2.05) is 20.8 Å². The topological polar surface area (TPSA) is 72.2 Å². The number of hydrogen-bond donors (Lipinski definition) is 0. The zero-order chi connectivity index (χ0) is 14.1. The van der Waals surface area contributed by atoms with Gasteiger partial charge in [-0.2, -0.15) is 4.98 Å². The SMILES string of the molecule is CCC(C)(C)N(C)c1nc(Cl)nc(C)c1[N+](=O)[O-]. The zero-order valence-corrected chi connectivity index (χ0v) is 11.9. The first-order chi connectivity index (χ1) is 8.20. The summed E-state index contributed by atoms with van der Waals surface area (Å²) >= 11 is 5.79. The number of aryl methyl sites for hydroxylation is 1. The Balaban J connectivity index is 3.44. The molecule has 0 bridgehead atoms. The van der Waals surface area contributed by atoms with Crippen LogP contribution in [0.2, 0.25) is 5.28 Å². The largest absolute Gasteiger partial charge is 0.349 e. The molecule has 0 aliphatic rings. The lowest BCUT2D eigenvalue weighted by Crippen LogP contribution is -2.41. The summed E-state index contributed by atoms with van der Waals surface area (Å²) < 4.78 is 0. The lowest BCUT2D eigenvalue weighted by Gasteiger charge is -2.35. The van der Waals surface area contributed by atoms with Crippen LogP contribution in [0.15, 0.2) is 0 Å². The van der Waals surface area contributed by atoms with Crippen molar-refractivity contribution in [2.75, 3.05) is 11.9 Å². The Kier molecular flexibility index (Phi) is 4.11. The molecule has 0 aliphatic carbocycles. The minimum Gasteiger partial charge on any atom is -0.349 e. The first-order valence-corrected chi connectivity index (χ1v) is 6.01. The molecule has 0 fully saturated rings. The van der Waals surface area contributed by atoms with Gasteiger partial charge in [-0.25, -0.2) is 4.98 Å². The van der Waals surface area contributed by atoms with Gasteiger partial charge >= 0.3 is 5.69 Å². The van der Waals surface area contributed by atoms with Crippen LogP contribution < -0.4 is 4.90 Å². The molecule has 0 aromatic carbocycles. The normalized spacial score (nSPS) is 11.4. The molecule has 0 atom stereocenters. The molecule has 0 radical (unpaired) electrons. The Hall–Kier alpha value is -1.43. The fourth-order valence-corrected chi connectivity index (χ4v) is 1.70. The maximum absolute atomic E-state index is 11.1. The van der Waals surface area contributed by atoms with Crippen molar-refractivity contribution in [2.24, 2.45) is 0 Å². The van der Waals surface area contributed by atoms with E-state index in [9.17, 15) is 10.1 Å². The average molecular weight is 273 g/mol. The van der Waals surface area contributed by atoms with E-state index >= 15 is 0 Å². The summed E-state index contributed by atoms with van der Waals surface area (Å²) in [6.45, 7) is 7.55. The Bertz CT molecular complexity index is 476. The molecular weight excluding hydrogens is 256 g/mol. The van der Waals surface area contributed by atoms with E-state index in [4.69, 9.17) is 11.6 Å². The molecule has 100 valence electrons. The van der Waals surface area contributed by atoms with Crippen LogP contribution in [0, 0.1) is 17.0 Å². The molecule has 1 aromatic heterocycles. The van der Waals surface area contributed by atoms with Crippen LogP contribution in [0.4, 0.5) is 11.5 Å². The highest BCUT2D eigenvalue weighted by molar-refractivity contribution is 6.28. The van der Waals surface area contributed by atoms with E-state index in [0.29, 0.717) is 0 Å². The molecule has 7 heteroatoms. The number of nitrogens with zero attached hydrogens (tertiary/aromatic N) is 4. The Labute approximate surface area is 111 Å². The molecule has 0 N–H and O–H groups in total. The van der Waals surface area contributed by atoms with Crippen molar-refractivity contribution in [2.45, 2.75) is 39.7 Å². The molecule has 6 nitrogen and oxygen atoms in total. The Morgan fingerprint density at radius 2 is 2.00 bits per heavy atom. The van der Waals surface area contributed by atoms with Crippen LogP contribution in [0.3, 0.4) is 0 Å². The van der Waals surface area contributed by atoms with Gasteiger partial charge in [-0.05, 0) is 38.8 Å². The molecule has 0 spiro atoms. The van der Waals surface area contributed by atoms with Crippen LogP contribution in [-0.4, -0.2) is 27.5 Å². The van der Waals surface area contributed by atoms with E-state index in [1.165, 1.54) is 0 Å². The average Bonchev–Trinajstić information content (AvgIpc) is 2.26. The van der Waals surface area contributed by atoms with E-state index in [1.54, 1.807) is 18.9 Å². The fraction of sp³-hybridized carbons (Fsp3) is 0.636. The molecule has 1 heterocycles. The predicted octanol–water partition coefficient (Wildman–Crippen LogP) is 2.97. The van der Waals surface area contributed by atoms with Gasteiger partial charge in [0.05, 0.1) is 4.92 Å². The second-order valence-corrected chi connectivity index (χ2v) is 5.07. The molecule has 0 amide bonds. The summed E-state index contributed by atoms with van der Waals surface area (Å²) in [7, 11) is 1.77. The van der Waals surface area contributed by atoms with Crippen molar-refractivity contribution in [3.63, 3.8) is 0 Å². The first kappa shape index (κ1) is 14.6. The Morgan fingerprint density at radius 1 is 1.44 bits per heavy atom. The molecule has 0 unspecified atom stereocenters. The third-order valence-electron chi connectivity index (χ3n) is 3.29. The summed E-state index contributed by atoms with van der Waals surface area (Å²) in [6, 6.07) is 0. The number of aromatic nitrogens is 2. The highest BCUT2D eigenvalue weighted by atomic mass is 35.5. The van der Waals surface area contributed by atoms with Crippen molar-refractivity contribution in [3.8, 4) is 0 Å². The van der Waals surface area contributed by atoms with Gasteiger partial charge in [0.25, 0.3) is 0 Å². The van der Waals surface area contributed by atoms with Crippen LogP contribution in [0.1, 0.15) is 32.9 Å². The molecule has 1 aromatic rings. The van der Waals surface area contributed by atoms with Crippen molar-refractivity contribution >= 4 is 23.1 Å². The minimum absolute atomic E-state index is 0.0202. The summed E-state index contributed by atoms with van der Waals surface area (Å²) in [5.41, 5.74) is -0.0771. The monoisotopic (exact) mass is 272 g/mol. The standard InChI is InChI=1S/C11H17ClN4O2/c1-6-11(3,4)15(5)9-8(16(17)18)7(2)13-10(12)14-9/h6H2,1-5H3. The first-order valence-electron chi connectivity index (χ1n) is 5.63. The van der Waals surface area contributed by atoms with E-state index in [-0.39, 0.29) is 28.0 Å². The van der Waals surface area contributed by atoms with Crippen LogP contribution >= 0.6 is 11.6 Å². The van der Waals surface area contributed by atoms with Crippen LogP contribution in [-0.2, 0) is 0 Å². The summed E-state index contributed by atoms with van der Waals surface area (Å²) in [5.74, 6) is 0.254. The van der Waals surface area contributed by atoms with Crippen molar-refractivity contribution < 1.29 is 4.92 Å². The second kappa shape index (κ2) is 5.06. The predicted molar refractivity (Wildman–Crippen MR) is 71.2 cm³/mol. The molecule has 18 heavy (non-hydrogen) atoms. The van der Waals surface area contributed by atoms with Crippen molar-refractivity contribution in [1.29, 1.82) is 0 Å². The Morgan fingerprint density at radius 3 is 2.44 bits per heavy atom. The van der Waals surface area contributed by atoms with E-state index in [2.05, 4.69) is 9.97 Å². The summed E-state index contributed by atoms with van der Waals surface area (Å²) in [6.07, 6.45) is 0.821. The van der Waals surface area contributed by atoms with Gasteiger partial charge in [-0.1, -0.05) is 6.92 Å². The molecular formula is C11H17ClN4O2. The summed E-state index contributed by atoms with van der Waals surface area (Å²) in [4.78, 5) is 20.3. The highest BCUT2D eigenvalue weighted by Gasteiger charge is 2.31. The third-order valence-corrected chi connectivity index (χ3v) is 3.46. The number of halogens is 1. The number of nitro groups is 1. The smallest absolute Gasteiger partial charge is 0.332 e. The maximum atomic E-state index is 11.1. The lowest BCUT2D eigenvalue weighted by molar-refractivity contribution is -0.385. The third kappa shape index (κ3) is 2.69. The van der Waals surface area contributed by atoms with Gasteiger partial charge < -0.3 is 4.90 Å². The van der Waals surface area contributed by atoms with Gasteiger partial charge in [0.1, 0.15) is 5.69 Å². The van der Waals surface area contributed by atoms with Crippen LogP contribution in [0.5, 0.6) is 0 Å². The minimum atomic E-state index is -0.469. The number of rotatable bonds is 4. The lowest BCUT2D eigenvalue weighted by atomic mass is 10.00. The number of anilines is 1. The van der Waals surface area contributed by atoms with Gasteiger partial charge in [0.15, 0.2) is 0 Å². The molecule has 0 aliphatic heterocycles. The van der Waals surface area contributed by atoms with Crippen molar-refractivity contribution in [3.05, 3.63) is 21.1 Å². The van der Waals surface area contributed by atoms with E-state index in [0.717, 1.165) is 6.42 Å². The molecule has 0 saturated heterocycles. The summed E-state index contributed by atoms with van der Waals surface area (Å²) in [5, 5.41) is 11.1. The van der Waals surface area contributed by atoms with Gasteiger partial charge in [-0.15, -0.1) is 0 Å². The number of hydrogen-bond acceptors (Lipinski definition) is 5. The quantitative estimate of drug-likeness (QED) is 0.479. The van der Waals surface area contributed by atoms with Gasteiger partial charge in [-0.3, -0.25) is 10.1 Å². The maximum Gasteiger partial charge on any atom is 0.332 e. The molecule has 0 saturated carbocycles.